The monoisotopic (exact) mass is 417 g/mol. The van der Waals surface area contributed by atoms with Crippen LogP contribution in [0.1, 0.15) is 42.7 Å². The molecular weight excluding hydrogens is 389 g/mol. The molecule has 1 aliphatic rings. The van der Waals surface area contributed by atoms with Crippen LogP contribution in [0, 0.1) is 25.6 Å². The SMILES string of the molecule is Cc1cn(-c2ccc(/C=C3/C(=O)N(Cc4ccc(F)cc4)[C@@H](C)C[C@H]3C)cc2C)cn1. The number of piperidine rings is 1. The second-order valence-electron chi connectivity index (χ2n) is 8.61. The number of imidazole rings is 1. The molecule has 1 amide bonds. The van der Waals surface area contributed by atoms with E-state index >= 15 is 0 Å². The van der Waals surface area contributed by atoms with Crippen LogP contribution >= 0.6 is 0 Å². The third-order valence-electron chi connectivity index (χ3n) is 6.06. The number of carbonyl (C=O) groups excluding carboxylic acids is 1. The van der Waals surface area contributed by atoms with Crippen LogP contribution < -0.4 is 0 Å². The molecule has 4 rings (SSSR count). The zero-order valence-corrected chi connectivity index (χ0v) is 18.5. The Morgan fingerprint density at radius 3 is 2.52 bits per heavy atom. The Bertz CT molecular complexity index is 1130. The molecule has 3 aromatic rings. The van der Waals surface area contributed by atoms with Crippen LogP contribution in [-0.2, 0) is 11.3 Å². The van der Waals surface area contributed by atoms with Gasteiger partial charge < -0.3 is 9.47 Å². The number of benzene rings is 2. The molecular formula is C26H28FN3O. The molecule has 4 nitrogen and oxygen atoms in total. The van der Waals surface area contributed by atoms with Crippen LogP contribution in [0.25, 0.3) is 11.8 Å². The van der Waals surface area contributed by atoms with Crippen molar-refractivity contribution >= 4 is 12.0 Å². The van der Waals surface area contributed by atoms with E-state index in [1.54, 1.807) is 12.1 Å². The minimum atomic E-state index is -0.263. The van der Waals surface area contributed by atoms with E-state index in [1.807, 2.05) is 41.1 Å². The van der Waals surface area contributed by atoms with Crippen LogP contribution in [0.2, 0.25) is 0 Å². The highest BCUT2D eigenvalue weighted by molar-refractivity contribution is 5.99. The first-order valence-corrected chi connectivity index (χ1v) is 10.7. The summed E-state index contributed by atoms with van der Waals surface area (Å²) >= 11 is 0. The molecule has 1 fully saturated rings. The third-order valence-corrected chi connectivity index (χ3v) is 6.06. The van der Waals surface area contributed by atoms with E-state index in [0.717, 1.165) is 40.1 Å². The lowest BCUT2D eigenvalue weighted by atomic mass is 9.86. The molecule has 0 bridgehead atoms. The number of hydrogen-bond acceptors (Lipinski definition) is 2. The van der Waals surface area contributed by atoms with E-state index in [2.05, 4.69) is 37.9 Å². The van der Waals surface area contributed by atoms with Gasteiger partial charge in [-0.05, 0) is 80.1 Å². The third kappa shape index (κ3) is 4.46. The van der Waals surface area contributed by atoms with E-state index in [0.29, 0.717) is 6.54 Å². The maximum absolute atomic E-state index is 13.4. The van der Waals surface area contributed by atoms with Crippen LogP contribution in [-0.4, -0.2) is 26.4 Å². The number of nitrogens with zero attached hydrogens (tertiary/aromatic N) is 3. The summed E-state index contributed by atoms with van der Waals surface area (Å²) in [7, 11) is 0. The van der Waals surface area contributed by atoms with Gasteiger partial charge in [-0.25, -0.2) is 9.37 Å². The Hall–Kier alpha value is -3.21. The van der Waals surface area contributed by atoms with Crippen LogP contribution in [0.5, 0.6) is 0 Å². The lowest BCUT2D eigenvalue weighted by molar-refractivity contribution is -0.132. The summed E-state index contributed by atoms with van der Waals surface area (Å²) in [5.41, 5.74) is 5.96. The number of carbonyl (C=O) groups is 1. The van der Waals surface area contributed by atoms with Gasteiger partial charge in [-0.3, -0.25) is 4.79 Å². The van der Waals surface area contributed by atoms with Gasteiger partial charge in [0.05, 0.1) is 12.0 Å². The number of halogens is 1. The van der Waals surface area contributed by atoms with Crippen molar-refractivity contribution in [3.8, 4) is 5.69 Å². The van der Waals surface area contributed by atoms with Crippen LogP contribution in [0.3, 0.4) is 0 Å². The van der Waals surface area contributed by atoms with Gasteiger partial charge in [-0.2, -0.15) is 0 Å². The molecule has 2 aromatic carbocycles. The van der Waals surface area contributed by atoms with Gasteiger partial charge in [-0.15, -0.1) is 0 Å². The Labute approximate surface area is 183 Å². The average molecular weight is 418 g/mol. The summed E-state index contributed by atoms with van der Waals surface area (Å²) < 4.78 is 15.3. The number of rotatable bonds is 4. The Balaban J connectivity index is 1.60. The average Bonchev–Trinajstić information content (AvgIpc) is 3.16. The number of hydrogen-bond donors (Lipinski definition) is 0. The molecule has 0 aliphatic carbocycles. The molecule has 1 aromatic heterocycles. The number of likely N-dealkylation sites (tertiary alicyclic amines) is 1. The Morgan fingerprint density at radius 2 is 1.87 bits per heavy atom. The summed E-state index contributed by atoms with van der Waals surface area (Å²) in [4.78, 5) is 19.6. The Kier molecular flexibility index (Phi) is 5.77. The fourth-order valence-electron chi connectivity index (χ4n) is 4.35. The van der Waals surface area contributed by atoms with Crippen molar-refractivity contribution in [2.45, 2.75) is 46.7 Å². The standard InChI is InChI=1S/C26H28FN3O/c1-17-11-20(4)30(15-21-5-8-23(27)9-6-21)26(31)24(17)13-22-7-10-25(18(2)12-22)29-14-19(3)28-16-29/h5-10,12-14,16-17,20H,11,15H2,1-4H3/b24-13+/t17-,20+/m1/s1. The molecule has 1 aliphatic heterocycles. The molecule has 0 N–H and O–H groups in total. The van der Waals surface area contributed by atoms with E-state index in [9.17, 15) is 9.18 Å². The summed E-state index contributed by atoms with van der Waals surface area (Å²) in [5.74, 6) is -0.0218. The minimum Gasteiger partial charge on any atom is -0.332 e. The van der Waals surface area contributed by atoms with Gasteiger partial charge in [-0.1, -0.05) is 25.1 Å². The summed E-state index contributed by atoms with van der Waals surface area (Å²) in [6, 6.07) is 12.7. The molecule has 0 saturated carbocycles. The fourth-order valence-corrected chi connectivity index (χ4v) is 4.35. The largest absolute Gasteiger partial charge is 0.332 e. The maximum atomic E-state index is 13.4. The van der Waals surface area contributed by atoms with E-state index in [-0.39, 0.29) is 23.7 Å². The highest BCUT2D eigenvalue weighted by Gasteiger charge is 2.33. The smallest absolute Gasteiger partial charge is 0.250 e. The summed E-state index contributed by atoms with van der Waals surface area (Å²) in [6.07, 6.45) is 6.75. The van der Waals surface area contributed by atoms with Gasteiger partial charge in [0.2, 0.25) is 0 Å². The fraction of sp³-hybridized carbons (Fsp3) is 0.308. The lowest BCUT2D eigenvalue weighted by Gasteiger charge is -2.38. The molecule has 1 saturated heterocycles. The highest BCUT2D eigenvalue weighted by Crippen LogP contribution is 2.31. The molecule has 5 heteroatoms. The molecule has 0 radical (unpaired) electrons. The number of amides is 1. The molecule has 2 heterocycles. The van der Waals surface area contributed by atoms with Crippen molar-refractivity contribution in [1.29, 1.82) is 0 Å². The normalized spacial score (nSPS) is 20.5. The molecule has 0 unspecified atom stereocenters. The second-order valence-corrected chi connectivity index (χ2v) is 8.61. The highest BCUT2D eigenvalue weighted by atomic mass is 19.1. The number of aromatic nitrogens is 2. The Morgan fingerprint density at radius 1 is 1.13 bits per heavy atom. The topological polar surface area (TPSA) is 38.1 Å². The van der Waals surface area contributed by atoms with Crippen molar-refractivity contribution in [1.82, 2.24) is 14.5 Å². The molecule has 2 atom stereocenters. The van der Waals surface area contributed by atoms with Crippen molar-refractivity contribution in [3.05, 3.63) is 88.8 Å². The zero-order valence-electron chi connectivity index (χ0n) is 18.5. The van der Waals surface area contributed by atoms with E-state index in [4.69, 9.17) is 0 Å². The van der Waals surface area contributed by atoms with Gasteiger partial charge >= 0.3 is 0 Å². The lowest BCUT2D eigenvalue weighted by Crippen LogP contribution is -2.45. The molecule has 160 valence electrons. The summed E-state index contributed by atoms with van der Waals surface area (Å²) in [5, 5.41) is 0. The van der Waals surface area contributed by atoms with Crippen LogP contribution in [0.4, 0.5) is 4.39 Å². The summed E-state index contributed by atoms with van der Waals surface area (Å²) in [6.45, 7) is 8.73. The first-order valence-electron chi connectivity index (χ1n) is 10.7. The number of aryl methyl sites for hydroxylation is 2. The predicted molar refractivity (Wildman–Crippen MR) is 121 cm³/mol. The van der Waals surface area contributed by atoms with Gasteiger partial charge in [0.25, 0.3) is 5.91 Å². The molecule has 0 spiro atoms. The van der Waals surface area contributed by atoms with Gasteiger partial charge in [0.15, 0.2) is 0 Å². The van der Waals surface area contributed by atoms with Crippen molar-refractivity contribution < 1.29 is 9.18 Å². The van der Waals surface area contributed by atoms with Gasteiger partial charge in [0, 0.05) is 30.0 Å². The van der Waals surface area contributed by atoms with Gasteiger partial charge in [0.1, 0.15) is 5.82 Å². The zero-order chi connectivity index (χ0) is 22.1. The van der Waals surface area contributed by atoms with E-state index < -0.39 is 0 Å². The van der Waals surface area contributed by atoms with Crippen molar-refractivity contribution in [2.75, 3.05) is 0 Å². The predicted octanol–water partition coefficient (Wildman–Crippen LogP) is 5.47. The van der Waals surface area contributed by atoms with Crippen LogP contribution in [0.15, 0.2) is 60.6 Å². The first-order chi connectivity index (χ1) is 14.8. The molecule has 31 heavy (non-hydrogen) atoms. The maximum Gasteiger partial charge on any atom is 0.250 e. The first kappa shape index (κ1) is 21.0. The van der Waals surface area contributed by atoms with Crippen molar-refractivity contribution in [2.24, 2.45) is 5.92 Å². The van der Waals surface area contributed by atoms with E-state index in [1.165, 1.54) is 12.1 Å². The quantitative estimate of drug-likeness (QED) is 0.528. The van der Waals surface area contributed by atoms with Crippen molar-refractivity contribution in [3.63, 3.8) is 0 Å². The second kappa shape index (κ2) is 8.50. The minimum absolute atomic E-state index is 0.0579.